The van der Waals surface area contributed by atoms with Crippen molar-refractivity contribution in [1.29, 1.82) is 0 Å². The van der Waals surface area contributed by atoms with Gasteiger partial charge >= 0.3 is 0 Å². The highest BCUT2D eigenvalue weighted by molar-refractivity contribution is 6.32. The molecule has 106 valence electrons. The molecule has 0 aromatic heterocycles. The smallest absolute Gasteiger partial charge is 0.150 e. The van der Waals surface area contributed by atoms with Crippen LogP contribution in [0.25, 0.3) is 0 Å². The first-order valence-electron chi connectivity index (χ1n) is 6.23. The van der Waals surface area contributed by atoms with Gasteiger partial charge < -0.3 is 10.1 Å². The van der Waals surface area contributed by atoms with E-state index < -0.39 is 5.82 Å². The Balaban J connectivity index is 2.29. The molecule has 5 heteroatoms. The highest BCUT2D eigenvalue weighted by Crippen LogP contribution is 2.34. The summed E-state index contributed by atoms with van der Waals surface area (Å²) in [4.78, 5) is 0. The Hall–Kier alpha value is -1.29. The third kappa shape index (κ3) is 3.63. The van der Waals surface area contributed by atoms with Crippen LogP contribution in [0.1, 0.15) is 12.5 Å². The van der Waals surface area contributed by atoms with E-state index in [1.54, 1.807) is 12.1 Å². The van der Waals surface area contributed by atoms with Crippen LogP contribution in [0.2, 0.25) is 10.0 Å². The van der Waals surface area contributed by atoms with Gasteiger partial charge in [-0.15, -0.1) is 0 Å². The normalized spacial score (nSPS) is 10.6. The van der Waals surface area contributed by atoms with E-state index in [0.29, 0.717) is 23.1 Å². The van der Waals surface area contributed by atoms with Gasteiger partial charge in [-0.25, -0.2) is 4.39 Å². The van der Waals surface area contributed by atoms with E-state index in [1.165, 1.54) is 12.1 Å². The fourth-order valence-corrected chi connectivity index (χ4v) is 2.08. The zero-order chi connectivity index (χ0) is 14.5. The molecule has 0 unspecified atom stereocenters. The Bertz CT molecular complexity index is 604. The van der Waals surface area contributed by atoms with Gasteiger partial charge in [0.2, 0.25) is 0 Å². The van der Waals surface area contributed by atoms with Crippen LogP contribution >= 0.6 is 23.2 Å². The molecule has 0 bridgehead atoms. The highest BCUT2D eigenvalue weighted by atomic mass is 35.5. The van der Waals surface area contributed by atoms with E-state index in [4.69, 9.17) is 27.9 Å². The van der Waals surface area contributed by atoms with Gasteiger partial charge in [-0.1, -0.05) is 42.3 Å². The van der Waals surface area contributed by atoms with Crippen molar-refractivity contribution in [1.82, 2.24) is 5.32 Å². The molecule has 0 fully saturated rings. The Kier molecular flexibility index (Phi) is 5.24. The van der Waals surface area contributed by atoms with Gasteiger partial charge in [0.05, 0.1) is 10.0 Å². The van der Waals surface area contributed by atoms with E-state index >= 15 is 0 Å². The summed E-state index contributed by atoms with van der Waals surface area (Å²) >= 11 is 11.8. The molecule has 2 rings (SSSR count). The Morgan fingerprint density at radius 3 is 2.65 bits per heavy atom. The SMILES string of the molecule is CCNCc1cccc(Cl)c1Oc1ccc(Cl)c(F)c1. The van der Waals surface area contributed by atoms with Crippen LogP contribution in [-0.2, 0) is 6.54 Å². The van der Waals surface area contributed by atoms with Crippen LogP contribution in [-0.4, -0.2) is 6.54 Å². The van der Waals surface area contributed by atoms with Crippen LogP contribution in [0.15, 0.2) is 36.4 Å². The molecular formula is C15H14Cl2FNO. The molecule has 0 radical (unpaired) electrons. The summed E-state index contributed by atoms with van der Waals surface area (Å²) in [6.07, 6.45) is 0. The number of benzene rings is 2. The first-order valence-corrected chi connectivity index (χ1v) is 6.98. The molecule has 2 aromatic carbocycles. The molecule has 0 amide bonds. The van der Waals surface area contributed by atoms with Gasteiger partial charge in [0, 0.05) is 18.2 Å². The first-order chi connectivity index (χ1) is 9.61. The first kappa shape index (κ1) is 15.1. The standard InChI is InChI=1S/C15H14Cl2FNO/c1-2-19-9-10-4-3-5-13(17)15(10)20-11-6-7-12(16)14(18)8-11/h3-8,19H,2,9H2,1H3. The summed E-state index contributed by atoms with van der Waals surface area (Å²) in [5.41, 5.74) is 0.912. The van der Waals surface area contributed by atoms with Gasteiger partial charge in [-0.3, -0.25) is 0 Å². The minimum Gasteiger partial charge on any atom is -0.455 e. The van der Waals surface area contributed by atoms with Crippen LogP contribution < -0.4 is 10.1 Å². The number of para-hydroxylation sites is 1. The van der Waals surface area contributed by atoms with Crippen LogP contribution in [0, 0.1) is 5.82 Å². The second kappa shape index (κ2) is 6.93. The summed E-state index contributed by atoms with van der Waals surface area (Å²) < 4.78 is 19.1. The Morgan fingerprint density at radius 1 is 1.15 bits per heavy atom. The molecule has 20 heavy (non-hydrogen) atoms. The molecule has 2 nitrogen and oxygen atoms in total. The minimum atomic E-state index is -0.524. The number of halogens is 3. The van der Waals surface area contributed by atoms with Gasteiger partial charge in [-0.2, -0.15) is 0 Å². The monoisotopic (exact) mass is 313 g/mol. The lowest BCUT2D eigenvalue weighted by Crippen LogP contribution is -2.12. The van der Waals surface area contributed by atoms with Gasteiger partial charge in [-0.05, 0) is 24.7 Å². The maximum absolute atomic E-state index is 13.4. The molecule has 0 aliphatic rings. The Morgan fingerprint density at radius 2 is 1.95 bits per heavy atom. The molecule has 0 aliphatic heterocycles. The maximum Gasteiger partial charge on any atom is 0.150 e. The zero-order valence-corrected chi connectivity index (χ0v) is 12.4. The summed E-state index contributed by atoms with van der Waals surface area (Å²) in [6, 6.07) is 9.79. The van der Waals surface area contributed by atoms with Gasteiger partial charge in [0.25, 0.3) is 0 Å². The van der Waals surface area contributed by atoms with Crippen molar-refractivity contribution >= 4 is 23.2 Å². The van der Waals surface area contributed by atoms with Crippen molar-refractivity contribution < 1.29 is 9.13 Å². The fraction of sp³-hybridized carbons (Fsp3) is 0.200. The van der Waals surface area contributed by atoms with Crippen LogP contribution in [0.3, 0.4) is 0 Å². The maximum atomic E-state index is 13.4. The van der Waals surface area contributed by atoms with E-state index in [-0.39, 0.29) is 5.02 Å². The zero-order valence-electron chi connectivity index (χ0n) is 10.9. The lowest BCUT2D eigenvalue weighted by atomic mass is 10.2. The van der Waals surface area contributed by atoms with E-state index in [1.807, 2.05) is 19.1 Å². The predicted molar refractivity (Wildman–Crippen MR) is 80.3 cm³/mol. The molecule has 2 aromatic rings. The summed E-state index contributed by atoms with van der Waals surface area (Å²) in [5.74, 6) is 0.360. The average Bonchev–Trinajstić information content (AvgIpc) is 2.43. The minimum absolute atomic E-state index is 0.0596. The second-order valence-corrected chi connectivity index (χ2v) is 5.00. The topological polar surface area (TPSA) is 21.3 Å². The summed E-state index contributed by atoms with van der Waals surface area (Å²) in [5, 5.41) is 3.75. The largest absolute Gasteiger partial charge is 0.455 e. The molecule has 0 saturated heterocycles. The lowest BCUT2D eigenvalue weighted by Gasteiger charge is -2.13. The predicted octanol–water partition coefficient (Wildman–Crippen LogP) is 5.03. The van der Waals surface area contributed by atoms with E-state index in [9.17, 15) is 4.39 Å². The van der Waals surface area contributed by atoms with Crippen molar-refractivity contribution in [2.45, 2.75) is 13.5 Å². The number of nitrogens with one attached hydrogen (secondary N) is 1. The lowest BCUT2D eigenvalue weighted by molar-refractivity contribution is 0.468. The van der Waals surface area contributed by atoms with Crippen molar-refractivity contribution in [3.05, 3.63) is 57.8 Å². The molecule has 0 spiro atoms. The van der Waals surface area contributed by atoms with Crippen molar-refractivity contribution in [2.75, 3.05) is 6.54 Å². The summed E-state index contributed by atoms with van der Waals surface area (Å²) in [6.45, 7) is 3.48. The number of ether oxygens (including phenoxy) is 1. The number of hydrogen-bond donors (Lipinski definition) is 1. The molecular weight excluding hydrogens is 300 g/mol. The molecule has 0 atom stereocenters. The van der Waals surface area contributed by atoms with E-state index in [2.05, 4.69) is 5.32 Å². The molecule has 0 saturated carbocycles. The van der Waals surface area contributed by atoms with Gasteiger partial charge in [0.1, 0.15) is 17.3 Å². The molecule has 0 heterocycles. The van der Waals surface area contributed by atoms with E-state index in [0.717, 1.165) is 12.1 Å². The number of rotatable bonds is 5. The molecule has 1 N–H and O–H groups in total. The van der Waals surface area contributed by atoms with Crippen LogP contribution in [0.5, 0.6) is 11.5 Å². The quantitative estimate of drug-likeness (QED) is 0.835. The second-order valence-electron chi connectivity index (χ2n) is 4.19. The Labute approximate surface area is 127 Å². The molecule has 0 aliphatic carbocycles. The van der Waals surface area contributed by atoms with Crippen molar-refractivity contribution in [2.24, 2.45) is 0 Å². The number of hydrogen-bond acceptors (Lipinski definition) is 2. The van der Waals surface area contributed by atoms with Gasteiger partial charge in [0.15, 0.2) is 0 Å². The highest BCUT2D eigenvalue weighted by Gasteiger charge is 2.10. The van der Waals surface area contributed by atoms with Crippen molar-refractivity contribution in [3.8, 4) is 11.5 Å². The third-order valence-corrected chi connectivity index (χ3v) is 3.33. The third-order valence-electron chi connectivity index (χ3n) is 2.72. The summed E-state index contributed by atoms with van der Waals surface area (Å²) in [7, 11) is 0. The fourth-order valence-electron chi connectivity index (χ4n) is 1.72. The van der Waals surface area contributed by atoms with Crippen molar-refractivity contribution in [3.63, 3.8) is 0 Å². The van der Waals surface area contributed by atoms with Crippen LogP contribution in [0.4, 0.5) is 4.39 Å². The average molecular weight is 314 g/mol.